The Kier molecular flexibility index (Phi) is 6.75. The average molecular weight is 435 g/mol. The molecule has 2 aromatic carbocycles. The highest BCUT2D eigenvalue weighted by Gasteiger charge is 2.31. The minimum Gasteiger partial charge on any atom is -0.494 e. The highest BCUT2D eigenvalue weighted by atomic mass is 16.5. The Morgan fingerprint density at radius 3 is 2.72 bits per heavy atom. The van der Waals surface area contributed by atoms with Gasteiger partial charge in [-0.25, -0.2) is 0 Å². The summed E-state index contributed by atoms with van der Waals surface area (Å²) in [4.78, 5) is 30.6. The summed E-state index contributed by atoms with van der Waals surface area (Å²) >= 11 is 0. The van der Waals surface area contributed by atoms with Gasteiger partial charge >= 0.3 is 0 Å². The number of aryl methyl sites for hydroxylation is 1. The highest BCUT2D eigenvalue weighted by Crippen LogP contribution is 2.19. The fraction of sp³-hybridized carbons (Fsp3) is 0.360. The van der Waals surface area contributed by atoms with Crippen LogP contribution in [0, 0.1) is 6.92 Å². The van der Waals surface area contributed by atoms with Crippen LogP contribution in [0.15, 0.2) is 48.5 Å². The molecule has 0 unspecified atom stereocenters. The molecule has 3 N–H and O–H groups in total. The maximum atomic E-state index is 12.7. The lowest BCUT2D eigenvalue weighted by atomic mass is 10.1. The molecule has 3 aromatic rings. The molecule has 1 fully saturated rings. The molecule has 1 aliphatic heterocycles. The largest absolute Gasteiger partial charge is 0.494 e. The molecule has 0 radical (unpaired) electrons. The SMILES string of the molecule is CCOc1ccc(CN2CCNC(=O)[C@H]2CC(=O)NCc2ccc3[nH]c(C)cc3c2)cc1. The number of nitrogens with one attached hydrogen (secondary N) is 3. The van der Waals surface area contributed by atoms with Crippen molar-refractivity contribution in [3.05, 3.63) is 65.4 Å². The predicted octanol–water partition coefficient (Wildman–Crippen LogP) is 2.88. The number of amides is 2. The molecule has 1 aromatic heterocycles. The second-order valence-electron chi connectivity index (χ2n) is 8.21. The van der Waals surface area contributed by atoms with Crippen LogP contribution in [0.3, 0.4) is 0 Å². The topological polar surface area (TPSA) is 86.5 Å². The first-order chi connectivity index (χ1) is 15.5. The van der Waals surface area contributed by atoms with E-state index >= 15 is 0 Å². The van der Waals surface area contributed by atoms with E-state index in [4.69, 9.17) is 4.74 Å². The lowest BCUT2D eigenvalue weighted by Gasteiger charge is -2.34. The molecule has 0 aliphatic carbocycles. The summed E-state index contributed by atoms with van der Waals surface area (Å²) in [6.07, 6.45) is 0.133. The summed E-state index contributed by atoms with van der Waals surface area (Å²) < 4.78 is 5.50. The lowest BCUT2D eigenvalue weighted by Crippen LogP contribution is -2.56. The zero-order valence-corrected chi connectivity index (χ0v) is 18.6. The van der Waals surface area contributed by atoms with Gasteiger partial charge in [0.2, 0.25) is 11.8 Å². The van der Waals surface area contributed by atoms with Crippen LogP contribution in [0.4, 0.5) is 0 Å². The van der Waals surface area contributed by atoms with Crippen molar-refractivity contribution in [1.82, 2.24) is 20.5 Å². The Labute approximate surface area is 188 Å². The fourth-order valence-corrected chi connectivity index (χ4v) is 4.15. The van der Waals surface area contributed by atoms with Gasteiger partial charge in [-0.3, -0.25) is 14.5 Å². The van der Waals surface area contributed by atoms with Crippen molar-refractivity contribution >= 4 is 22.7 Å². The Bertz CT molecular complexity index is 1090. The van der Waals surface area contributed by atoms with E-state index in [1.807, 2.05) is 50.2 Å². The monoisotopic (exact) mass is 434 g/mol. The average Bonchev–Trinajstić information content (AvgIpc) is 3.15. The molecule has 32 heavy (non-hydrogen) atoms. The number of carbonyl (C=O) groups excluding carboxylic acids is 2. The Morgan fingerprint density at radius 1 is 1.16 bits per heavy atom. The second-order valence-corrected chi connectivity index (χ2v) is 8.21. The van der Waals surface area contributed by atoms with Gasteiger partial charge in [-0.05, 0) is 60.7 Å². The van der Waals surface area contributed by atoms with E-state index in [1.165, 1.54) is 0 Å². The molecule has 168 valence electrons. The van der Waals surface area contributed by atoms with Gasteiger partial charge in [0.05, 0.1) is 19.1 Å². The smallest absolute Gasteiger partial charge is 0.237 e. The molecular weight excluding hydrogens is 404 g/mol. The molecule has 1 saturated heterocycles. The molecule has 4 rings (SSSR count). The maximum absolute atomic E-state index is 12.7. The number of H-pyrrole nitrogens is 1. The number of nitrogens with zero attached hydrogens (tertiary/aromatic N) is 1. The minimum atomic E-state index is -0.481. The van der Waals surface area contributed by atoms with E-state index in [0.29, 0.717) is 32.8 Å². The number of hydrogen-bond acceptors (Lipinski definition) is 4. The van der Waals surface area contributed by atoms with Crippen molar-refractivity contribution in [1.29, 1.82) is 0 Å². The Balaban J connectivity index is 1.36. The predicted molar refractivity (Wildman–Crippen MR) is 124 cm³/mol. The van der Waals surface area contributed by atoms with E-state index in [1.54, 1.807) is 0 Å². The van der Waals surface area contributed by atoms with Gasteiger partial charge in [0, 0.05) is 37.4 Å². The van der Waals surface area contributed by atoms with E-state index in [2.05, 4.69) is 32.7 Å². The van der Waals surface area contributed by atoms with E-state index in [0.717, 1.165) is 33.5 Å². The van der Waals surface area contributed by atoms with Crippen molar-refractivity contribution < 1.29 is 14.3 Å². The van der Waals surface area contributed by atoms with Crippen molar-refractivity contribution in [2.45, 2.75) is 39.4 Å². The molecule has 0 saturated carbocycles. The van der Waals surface area contributed by atoms with Crippen LogP contribution in [-0.2, 0) is 22.7 Å². The quantitative estimate of drug-likeness (QED) is 0.509. The molecule has 0 bridgehead atoms. The van der Waals surface area contributed by atoms with Gasteiger partial charge in [0.15, 0.2) is 0 Å². The summed E-state index contributed by atoms with van der Waals surface area (Å²) in [5.41, 5.74) is 4.31. The van der Waals surface area contributed by atoms with Crippen LogP contribution >= 0.6 is 0 Å². The van der Waals surface area contributed by atoms with Crippen molar-refractivity contribution in [3.63, 3.8) is 0 Å². The highest BCUT2D eigenvalue weighted by molar-refractivity contribution is 5.89. The normalized spacial score (nSPS) is 16.7. The zero-order valence-electron chi connectivity index (χ0n) is 18.6. The third-order valence-electron chi connectivity index (χ3n) is 5.75. The molecule has 2 amide bonds. The first-order valence-corrected chi connectivity index (χ1v) is 11.1. The third kappa shape index (κ3) is 5.29. The molecule has 2 heterocycles. The van der Waals surface area contributed by atoms with Gasteiger partial charge in [0.25, 0.3) is 0 Å². The number of carbonyl (C=O) groups is 2. The number of rotatable bonds is 8. The van der Waals surface area contributed by atoms with Crippen molar-refractivity contribution in [2.24, 2.45) is 0 Å². The first kappa shape index (κ1) is 21.9. The number of benzene rings is 2. The van der Waals surface area contributed by atoms with Crippen LogP contribution in [-0.4, -0.2) is 47.4 Å². The number of aromatic amines is 1. The summed E-state index contributed by atoms with van der Waals surface area (Å²) in [6, 6.07) is 15.6. The minimum absolute atomic E-state index is 0.0958. The molecule has 1 atom stereocenters. The Morgan fingerprint density at radius 2 is 1.94 bits per heavy atom. The number of aromatic nitrogens is 1. The number of piperazine rings is 1. The van der Waals surface area contributed by atoms with Crippen LogP contribution in [0.2, 0.25) is 0 Å². The van der Waals surface area contributed by atoms with Gasteiger partial charge in [-0.1, -0.05) is 18.2 Å². The summed E-state index contributed by atoms with van der Waals surface area (Å²) in [5.74, 6) is 0.604. The number of ether oxygens (including phenoxy) is 1. The first-order valence-electron chi connectivity index (χ1n) is 11.1. The van der Waals surface area contributed by atoms with E-state index in [9.17, 15) is 9.59 Å². The standard InChI is InChI=1S/C25H30N4O3/c1-3-32-21-7-4-18(5-8-21)16-29-11-10-26-25(31)23(29)14-24(30)27-15-19-6-9-22-20(13-19)12-17(2)28-22/h4-9,12-13,23,28H,3,10-11,14-16H2,1-2H3,(H,26,31)(H,27,30)/t23-/m1/s1. The van der Waals surface area contributed by atoms with Crippen molar-refractivity contribution in [2.75, 3.05) is 19.7 Å². The summed E-state index contributed by atoms with van der Waals surface area (Å²) in [7, 11) is 0. The van der Waals surface area contributed by atoms with E-state index < -0.39 is 6.04 Å². The maximum Gasteiger partial charge on any atom is 0.237 e. The van der Waals surface area contributed by atoms with Gasteiger partial charge in [0.1, 0.15) is 5.75 Å². The van der Waals surface area contributed by atoms with Gasteiger partial charge in [-0.15, -0.1) is 0 Å². The second kappa shape index (κ2) is 9.87. The number of hydrogen-bond donors (Lipinski definition) is 3. The summed E-state index contributed by atoms with van der Waals surface area (Å²) in [5, 5.41) is 6.99. The van der Waals surface area contributed by atoms with Gasteiger partial charge < -0.3 is 20.4 Å². The summed E-state index contributed by atoms with van der Waals surface area (Å²) in [6.45, 7) is 6.95. The van der Waals surface area contributed by atoms with Crippen LogP contribution < -0.4 is 15.4 Å². The molecule has 1 aliphatic rings. The van der Waals surface area contributed by atoms with Gasteiger partial charge in [-0.2, -0.15) is 0 Å². The number of fused-ring (bicyclic) bond motifs is 1. The van der Waals surface area contributed by atoms with E-state index in [-0.39, 0.29) is 18.2 Å². The van der Waals surface area contributed by atoms with Crippen LogP contribution in [0.1, 0.15) is 30.2 Å². The van der Waals surface area contributed by atoms with Crippen LogP contribution in [0.25, 0.3) is 10.9 Å². The van der Waals surface area contributed by atoms with Crippen molar-refractivity contribution in [3.8, 4) is 5.75 Å². The third-order valence-corrected chi connectivity index (χ3v) is 5.75. The molecule has 7 heteroatoms. The molecular formula is C25H30N4O3. The fourth-order valence-electron chi connectivity index (χ4n) is 4.15. The molecule has 0 spiro atoms. The Hall–Kier alpha value is -3.32. The van der Waals surface area contributed by atoms with Crippen LogP contribution in [0.5, 0.6) is 5.75 Å². The zero-order chi connectivity index (χ0) is 22.5. The molecule has 7 nitrogen and oxygen atoms in total. The lowest BCUT2D eigenvalue weighted by molar-refractivity contribution is -0.134.